The molecule has 2 atom stereocenters. The van der Waals surface area contributed by atoms with Crippen molar-refractivity contribution in [3.05, 3.63) is 33.8 Å². The van der Waals surface area contributed by atoms with Gasteiger partial charge in [0.05, 0.1) is 5.66 Å². The first-order valence-electron chi connectivity index (χ1n) is 7.02. The van der Waals surface area contributed by atoms with Gasteiger partial charge < -0.3 is 5.32 Å². The topological polar surface area (TPSA) is 32.3 Å². The van der Waals surface area contributed by atoms with E-state index < -0.39 is 0 Å². The van der Waals surface area contributed by atoms with Crippen molar-refractivity contribution in [2.24, 2.45) is 0 Å². The molecule has 3 rings (SSSR count). The van der Waals surface area contributed by atoms with Crippen LogP contribution in [0.2, 0.25) is 10.0 Å². The fourth-order valence-electron chi connectivity index (χ4n) is 3.58. The van der Waals surface area contributed by atoms with Crippen LogP contribution in [-0.2, 0) is 0 Å². The summed E-state index contributed by atoms with van der Waals surface area (Å²) in [6, 6.07) is 5.56. The Morgan fingerprint density at radius 1 is 1.25 bits per heavy atom. The van der Waals surface area contributed by atoms with Gasteiger partial charge in [-0.05, 0) is 57.4 Å². The molecule has 1 amide bonds. The van der Waals surface area contributed by atoms with E-state index in [1.807, 2.05) is 0 Å². The number of piperidine rings is 1. The Hall–Kier alpha value is -0.770. The molecule has 2 aliphatic heterocycles. The van der Waals surface area contributed by atoms with E-state index in [0.717, 1.165) is 19.3 Å². The molecule has 2 unspecified atom stereocenters. The van der Waals surface area contributed by atoms with Gasteiger partial charge in [-0.15, -0.1) is 0 Å². The molecule has 2 saturated heterocycles. The van der Waals surface area contributed by atoms with Gasteiger partial charge in [-0.2, -0.15) is 0 Å². The summed E-state index contributed by atoms with van der Waals surface area (Å²) in [5.41, 5.74) is 0.341. The van der Waals surface area contributed by atoms with Crippen LogP contribution in [0.15, 0.2) is 18.2 Å². The largest absolute Gasteiger partial charge is 0.334 e. The predicted octanol–water partition coefficient (Wildman–Crippen LogP) is 3.70. The highest BCUT2D eigenvalue weighted by Gasteiger charge is 2.47. The van der Waals surface area contributed by atoms with E-state index in [-0.39, 0.29) is 11.6 Å². The number of hydrogen-bond acceptors (Lipinski definition) is 2. The molecule has 1 aromatic carbocycles. The number of nitrogens with one attached hydrogen (secondary N) is 1. The molecule has 20 heavy (non-hydrogen) atoms. The molecule has 2 heterocycles. The van der Waals surface area contributed by atoms with Crippen LogP contribution < -0.4 is 5.32 Å². The van der Waals surface area contributed by atoms with Crippen LogP contribution in [0, 0.1) is 0 Å². The Morgan fingerprint density at radius 3 is 2.65 bits per heavy atom. The van der Waals surface area contributed by atoms with Gasteiger partial charge in [-0.3, -0.25) is 9.69 Å². The van der Waals surface area contributed by atoms with Crippen molar-refractivity contribution in [1.82, 2.24) is 10.2 Å². The summed E-state index contributed by atoms with van der Waals surface area (Å²) in [7, 11) is 2.11. The number of halogens is 2. The fourth-order valence-corrected chi connectivity index (χ4v) is 4.10. The maximum Gasteiger partial charge on any atom is 0.252 e. The zero-order valence-electron chi connectivity index (χ0n) is 11.5. The van der Waals surface area contributed by atoms with Crippen molar-refractivity contribution in [2.45, 2.75) is 43.8 Å². The average molecular weight is 313 g/mol. The Bertz CT molecular complexity index is 524. The molecule has 0 spiro atoms. The van der Waals surface area contributed by atoms with Crippen molar-refractivity contribution < 1.29 is 4.79 Å². The van der Waals surface area contributed by atoms with E-state index in [0.29, 0.717) is 21.7 Å². The zero-order chi connectivity index (χ0) is 14.3. The van der Waals surface area contributed by atoms with Gasteiger partial charge in [-0.1, -0.05) is 23.2 Å². The summed E-state index contributed by atoms with van der Waals surface area (Å²) >= 11 is 11.9. The third kappa shape index (κ3) is 2.43. The average Bonchev–Trinajstić information content (AvgIpc) is 2.59. The minimum absolute atomic E-state index is 0.0937. The zero-order valence-corrected chi connectivity index (χ0v) is 13.0. The lowest BCUT2D eigenvalue weighted by molar-refractivity contribution is 0.0437. The van der Waals surface area contributed by atoms with Gasteiger partial charge in [0, 0.05) is 21.7 Å². The Morgan fingerprint density at radius 2 is 1.95 bits per heavy atom. The summed E-state index contributed by atoms with van der Waals surface area (Å²) in [5.74, 6) is -0.0937. The monoisotopic (exact) mass is 312 g/mol. The van der Waals surface area contributed by atoms with Gasteiger partial charge >= 0.3 is 0 Å². The lowest BCUT2D eigenvalue weighted by atomic mass is 9.97. The summed E-state index contributed by atoms with van der Waals surface area (Å²) in [6.07, 6.45) is 5.60. The molecular formula is C15H18Cl2N2O. The van der Waals surface area contributed by atoms with E-state index in [9.17, 15) is 4.79 Å². The number of carbonyl (C=O) groups is 1. The van der Waals surface area contributed by atoms with E-state index in [1.165, 1.54) is 12.8 Å². The normalized spacial score (nSPS) is 29.4. The second kappa shape index (κ2) is 5.21. The van der Waals surface area contributed by atoms with Crippen LogP contribution in [0.25, 0.3) is 0 Å². The summed E-state index contributed by atoms with van der Waals surface area (Å²) < 4.78 is 0. The molecule has 0 aliphatic carbocycles. The fraction of sp³-hybridized carbons (Fsp3) is 0.533. The van der Waals surface area contributed by atoms with Gasteiger partial charge in [-0.25, -0.2) is 0 Å². The Balaban J connectivity index is 1.82. The number of carbonyl (C=O) groups excluding carboxylic acids is 1. The molecule has 2 bridgehead atoms. The van der Waals surface area contributed by atoms with Crippen LogP contribution in [0.5, 0.6) is 0 Å². The number of hydrogen-bond donors (Lipinski definition) is 1. The third-order valence-electron chi connectivity index (χ3n) is 4.71. The lowest BCUT2D eigenvalue weighted by Gasteiger charge is -2.43. The molecule has 108 valence electrons. The maximum absolute atomic E-state index is 12.5. The Labute approximate surface area is 129 Å². The molecule has 5 heteroatoms. The number of rotatable bonds is 2. The minimum atomic E-state index is -0.186. The molecule has 1 N–H and O–H groups in total. The standard InChI is InChI=1S/C15H18Cl2N2O/c1-19-13-3-2-5-15(19,6-4-13)18-14(20)10-7-11(16)9-12(17)8-10/h7-9,13H,2-6H2,1H3,(H,18,20). The highest BCUT2D eigenvalue weighted by Crippen LogP contribution is 2.41. The van der Waals surface area contributed by atoms with Gasteiger partial charge in [0.25, 0.3) is 5.91 Å². The third-order valence-corrected chi connectivity index (χ3v) is 5.15. The van der Waals surface area contributed by atoms with Crippen LogP contribution in [0.1, 0.15) is 42.5 Å². The van der Waals surface area contributed by atoms with Crippen LogP contribution >= 0.6 is 23.2 Å². The van der Waals surface area contributed by atoms with Gasteiger partial charge in [0.1, 0.15) is 0 Å². The highest BCUT2D eigenvalue weighted by atomic mass is 35.5. The second-order valence-corrected chi connectivity index (χ2v) is 6.71. The Kier molecular flexibility index (Phi) is 3.69. The minimum Gasteiger partial charge on any atom is -0.334 e. The molecule has 3 nitrogen and oxygen atoms in total. The summed E-state index contributed by atoms with van der Waals surface area (Å²) in [5, 5.41) is 4.19. The predicted molar refractivity (Wildman–Crippen MR) is 81.3 cm³/mol. The highest BCUT2D eigenvalue weighted by molar-refractivity contribution is 6.35. The number of nitrogens with zero attached hydrogens (tertiary/aromatic N) is 1. The molecule has 0 radical (unpaired) electrons. The van der Waals surface area contributed by atoms with Gasteiger partial charge in [0.2, 0.25) is 0 Å². The van der Waals surface area contributed by atoms with Crippen molar-refractivity contribution in [1.29, 1.82) is 0 Å². The van der Waals surface area contributed by atoms with Crippen molar-refractivity contribution >= 4 is 29.1 Å². The molecule has 0 saturated carbocycles. The molecule has 2 fully saturated rings. The van der Waals surface area contributed by atoms with E-state index >= 15 is 0 Å². The van der Waals surface area contributed by atoms with Crippen LogP contribution in [0.3, 0.4) is 0 Å². The quantitative estimate of drug-likeness (QED) is 0.903. The molecule has 2 aliphatic rings. The number of amides is 1. The first-order valence-corrected chi connectivity index (χ1v) is 7.77. The van der Waals surface area contributed by atoms with E-state index in [2.05, 4.69) is 17.3 Å². The molecular weight excluding hydrogens is 295 g/mol. The van der Waals surface area contributed by atoms with E-state index in [4.69, 9.17) is 23.2 Å². The smallest absolute Gasteiger partial charge is 0.252 e. The van der Waals surface area contributed by atoms with Crippen molar-refractivity contribution in [2.75, 3.05) is 7.05 Å². The number of fused-ring (bicyclic) bond motifs is 2. The molecule has 0 aromatic heterocycles. The summed E-state index contributed by atoms with van der Waals surface area (Å²) in [6.45, 7) is 0. The second-order valence-electron chi connectivity index (χ2n) is 5.84. The lowest BCUT2D eigenvalue weighted by Crippen LogP contribution is -2.59. The van der Waals surface area contributed by atoms with Crippen molar-refractivity contribution in [3.63, 3.8) is 0 Å². The van der Waals surface area contributed by atoms with E-state index in [1.54, 1.807) is 18.2 Å². The van der Waals surface area contributed by atoms with Crippen LogP contribution in [-0.4, -0.2) is 29.6 Å². The SMILES string of the molecule is CN1C2CCCC1(NC(=O)c1cc(Cl)cc(Cl)c1)CC2. The molecule has 1 aromatic rings. The van der Waals surface area contributed by atoms with Crippen molar-refractivity contribution in [3.8, 4) is 0 Å². The summed E-state index contributed by atoms with van der Waals surface area (Å²) in [4.78, 5) is 14.8. The number of benzene rings is 1. The first kappa shape index (κ1) is 14.2. The maximum atomic E-state index is 12.5. The first-order chi connectivity index (χ1) is 9.50. The van der Waals surface area contributed by atoms with Crippen LogP contribution in [0.4, 0.5) is 0 Å². The van der Waals surface area contributed by atoms with Gasteiger partial charge in [0.15, 0.2) is 0 Å².